The zero-order valence-corrected chi connectivity index (χ0v) is 14.2. The van der Waals surface area contributed by atoms with Crippen LogP contribution in [0.1, 0.15) is 38.3 Å². The first kappa shape index (κ1) is 16.5. The summed E-state index contributed by atoms with van der Waals surface area (Å²) in [5.41, 5.74) is 1.11. The Morgan fingerprint density at radius 1 is 1.24 bits per heavy atom. The molecule has 4 nitrogen and oxygen atoms in total. The van der Waals surface area contributed by atoms with Crippen molar-refractivity contribution >= 4 is 9.84 Å². The molecule has 1 aliphatic rings. The second-order valence-corrected chi connectivity index (χ2v) is 8.23. The molecule has 0 heterocycles. The number of rotatable bonds is 7. The predicted molar refractivity (Wildman–Crippen MR) is 86.2 cm³/mol. The quantitative estimate of drug-likeness (QED) is 0.839. The second-order valence-electron chi connectivity index (χ2n) is 6.22. The maximum atomic E-state index is 11.5. The molecule has 0 amide bonds. The van der Waals surface area contributed by atoms with Gasteiger partial charge in [0.15, 0.2) is 9.84 Å². The normalized spacial score (nSPS) is 18.7. The van der Waals surface area contributed by atoms with Crippen LogP contribution >= 0.6 is 0 Å². The van der Waals surface area contributed by atoms with E-state index in [2.05, 4.69) is 31.1 Å². The van der Waals surface area contributed by atoms with Crippen molar-refractivity contribution in [3.8, 4) is 0 Å². The van der Waals surface area contributed by atoms with Gasteiger partial charge in [0.1, 0.15) is 0 Å². The molecule has 0 spiro atoms. The van der Waals surface area contributed by atoms with E-state index in [4.69, 9.17) is 0 Å². The van der Waals surface area contributed by atoms with E-state index in [1.54, 1.807) is 12.1 Å². The fraction of sp³-hybridized carbons (Fsp3) is 0.625. The van der Waals surface area contributed by atoms with Gasteiger partial charge in [-0.15, -0.1) is 0 Å². The van der Waals surface area contributed by atoms with Crippen molar-refractivity contribution in [3.63, 3.8) is 0 Å². The van der Waals surface area contributed by atoms with Gasteiger partial charge in [-0.2, -0.15) is 0 Å². The Morgan fingerprint density at radius 3 is 2.29 bits per heavy atom. The Labute approximate surface area is 128 Å². The summed E-state index contributed by atoms with van der Waals surface area (Å²) in [5.74, 6) is 0. The molecule has 1 fully saturated rings. The number of hydrogen-bond acceptors (Lipinski definition) is 4. The molecular weight excluding hydrogens is 284 g/mol. The van der Waals surface area contributed by atoms with Crippen LogP contribution in [0.25, 0.3) is 0 Å². The minimum absolute atomic E-state index is 0.216. The summed E-state index contributed by atoms with van der Waals surface area (Å²) in [4.78, 5) is 2.81. The highest BCUT2D eigenvalue weighted by Crippen LogP contribution is 2.27. The molecule has 1 saturated carbocycles. The molecular formula is C16H26N2O2S. The van der Waals surface area contributed by atoms with Gasteiger partial charge >= 0.3 is 0 Å². The molecule has 0 saturated heterocycles. The first-order valence-electron chi connectivity index (χ1n) is 7.54. The zero-order valence-electron chi connectivity index (χ0n) is 13.3. The Hall–Kier alpha value is -0.910. The summed E-state index contributed by atoms with van der Waals surface area (Å²) in [6.07, 6.45) is 3.88. The third kappa shape index (κ3) is 4.53. The van der Waals surface area contributed by atoms with Crippen LogP contribution in [-0.4, -0.2) is 45.2 Å². The van der Waals surface area contributed by atoms with Crippen LogP contribution in [0.15, 0.2) is 29.2 Å². The van der Waals surface area contributed by atoms with E-state index in [1.807, 2.05) is 12.1 Å². The summed E-state index contributed by atoms with van der Waals surface area (Å²) in [5, 5.41) is 3.53. The van der Waals surface area contributed by atoms with E-state index < -0.39 is 9.84 Å². The van der Waals surface area contributed by atoms with Crippen molar-refractivity contribution in [1.29, 1.82) is 0 Å². The first-order valence-corrected chi connectivity index (χ1v) is 9.43. The topological polar surface area (TPSA) is 49.4 Å². The van der Waals surface area contributed by atoms with E-state index in [1.165, 1.54) is 19.1 Å². The zero-order chi connectivity index (χ0) is 15.6. The van der Waals surface area contributed by atoms with Crippen LogP contribution < -0.4 is 5.32 Å². The van der Waals surface area contributed by atoms with E-state index in [9.17, 15) is 8.42 Å². The van der Waals surface area contributed by atoms with Crippen molar-refractivity contribution in [2.24, 2.45) is 0 Å². The molecule has 0 aliphatic heterocycles. The summed E-state index contributed by atoms with van der Waals surface area (Å²) >= 11 is 0. The summed E-state index contributed by atoms with van der Waals surface area (Å²) in [6, 6.07) is 8.65. The fourth-order valence-corrected chi connectivity index (χ4v) is 3.09. The number of nitrogens with one attached hydrogen (secondary N) is 1. The minimum atomic E-state index is -3.11. The van der Waals surface area contributed by atoms with Gasteiger partial charge in [-0.25, -0.2) is 8.42 Å². The Balaban J connectivity index is 1.89. The van der Waals surface area contributed by atoms with Gasteiger partial charge in [0.25, 0.3) is 0 Å². The number of nitrogens with zero attached hydrogens (tertiary/aromatic N) is 1. The average molecular weight is 310 g/mol. The number of likely N-dealkylation sites (N-methyl/N-ethyl adjacent to an activating group) is 1. The van der Waals surface area contributed by atoms with Crippen molar-refractivity contribution in [3.05, 3.63) is 29.8 Å². The molecule has 1 aromatic carbocycles. The van der Waals surface area contributed by atoms with E-state index in [0.29, 0.717) is 10.9 Å². The lowest BCUT2D eigenvalue weighted by Gasteiger charge is -2.26. The Morgan fingerprint density at radius 2 is 1.81 bits per heavy atom. The van der Waals surface area contributed by atoms with Crippen molar-refractivity contribution < 1.29 is 8.42 Å². The smallest absolute Gasteiger partial charge is 0.175 e. The molecule has 2 atom stereocenters. The van der Waals surface area contributed by atoms with Gasteiger partial charge in [-0.1, -0.05) is 12.1 Å². The van der Waals surface area contributed by atoms with Crippen LogP contribution in [0.2, 0.25) is 0 Å². The lowest BCUT2D eigenvalue weighted by molar-refractivity contribution is 0.237. The van der Waals surface area contributed by atoms with Crippen LogP contribution in [0.5, 0.6) is 0 Å². The number of hydrogen-bond donors (Lipinski definition) is 1. The van der Waals surface area contributed by atoms with Crippen LogP contribution in [0, 0.1) is 0 Å². The van der Waals surface area contributed by atoms with Gasteiger partial charge in [-0.05, 0) is 51.4 Å². The lowest BCUT2D eigenvalue weighted by atomic mass is 10.1. The molecule has 2 unspecified atom stereocenters. The third-order valence-electron chi connectivity index (χ3n) is 4.35. The van der Waals surface area contributed by atoms with Crippen LogP contribution in [0.4, 0.5) is 0 Å². The van der Waals surface area contributed by atoms with Crippen molar-refractivity contribution in [1.82, 2.24) is 10.2 Å². The Bertz CT molecular complexity index is 564. The van der Waals surface area contributed by atoms with E-state index in [-0.39, 0.29) is 6.04 Å². The molecule has 5 heteroatoms. The monoisotopic (exact) mass is 310 g/mol. The van der Waals surface area contributed by atoms with Gasteiger partial charge in [-0.3, -0.25) is 4.90 Å². The maximum Gasteiger partial charge on any atom is 0.175 e. The molecule has 0 bridgehead atoms. The lowest BCUT2D eigenvalue weighted by Crippen LogP contribution is -2.39. The Kier molecular flexibility index (Phi) is 5.07. The highest BCUT2D eigenvalue weighted by atomic mass is 32.2. The van der Waals surface area contributed by atoms with E-state index >= 15 is 0 Å². The molecule has 1 aromatic rings. The van der Waals surface area contributed by atoms with Gasteiger partial charge < -0.3 is 5.32 Å². The highest BCUT2D eigenvalue weighted by Gasteiger charge is 2.29. The fourth-order valence-electron chi connectivity index (χ4n) is 2.45. The summed E-state index contributed by atoms with van der Waals surface area (Å²) < 4.78 is 22.9. The largest absolute Gasteiger partial charge is 0.309 e. The average Bonchev–Trinajstić information content (AvgIpc) is 3.27. The molecule has 1 N–H and O–H groups in total. The second kappa shape index (κ2) is 6.46. The minimum Gasteiger partial charge on any atom is -0.309 e. The maximum absolute atomic E-state index is 11.5. The van der Waals surface area contributed by atoms with E-state index in [0.717, 1.165) is 18.2 Å². The molecule has 0 aromatic heterocycles. The first-order chi connectivity index (χ1) is 9.79. The third-order valence-corrected chi connectivity index (χ3v) is 5.47. The standard InChI is InChI=1S/C16H26N2O2S/c1-12(18(3)15-7-8-15)11-17-13(2)14-5-9-16(10-6-14)21(4,19)20/h5-6,9-10,12-13,15,17H,7-8,11H2,1-4H3. The SMILES string of the molecule is CC(NCC(C)N(C)C1CC1)c1ccc(S(C)(=O)=O)cc1. The predicted octanol–water partition coefficient (Wildman–Crippen LogP) is 2.22. The molecule has 2 rings (SSSR count). The van der Waals surface area contributed by atoms with Gasteiger partial charge in [0.2, 0.25) is 0 Å². The molecule has 118 valence electrons. The number of sulfone groups is 1. The van der Waals surface area contributed by atoms with Crippen molar-refractivity contribution in [2.75, 3.05) is 19.8 Å². The van der Waals surface area contributed by atoms with Gasteiger partial charge in [0, 0.05) is 30.9 Å². The summed E-state index contributed by atoms with van der Waals surface area (Å²) in [6.45, 7) is 5.28. The summed E-state index contributed by atoms with van der Waals surface area (Å²) in [7, 11) is -0.922. The highest BCUT2D eigenvalue weighted by molar-refractivity contribution is 7.90. The number of benzene rings is 1. The molecule has 21 heavy (non-hydrogen) atoms. The molecule has 0 radical (unpaired) electrons. The van der Waals surface area contributed by atoms with Crippen molar-refractivity contribution in [2.45, 2.75) is 49.7 Å². The van der Waals surface area contributed by atoms with Gasteiger partial charge in [0.05, 0.1) is 4.90 Å². The van der Waals surface area contributed by atoms with Crippen LogP contribution in [-0.2, 0) is 9.84 Å². The molecule has 1 aliphatic carbocycles. The van der Waals surface area contributed by atoms with Crippen LogP contribution in [0.3, 0.4) is 0 Å².